The van der Waals surface area contributed by atoms with Gasteiger partial charge in [-0.1, -0.05) is 31.4 Å². The molecule has 1 aliphatic heterocycles. The van der Waals surface area contributed by atoms with Crippen LogP contribution in [0, 0.1) is 0 Å². The monoisotopic (exact) mass is 294 g/mol. The van der Waals surface area contributed by atoms with E-state index in [4.69, 9.17) is 5.73 Å². The second kappa shape index (κ2) is 4.83. The molecule has 2 aromatic carbocycles. The maximum Gasteiger partial charge on any atom is 0.261 e. The minimum atomic E-state index is -0.166. The number of carbonyl (C=O) groups is 2. The summed E-state index contributed by atoms with van der Waals surface area (Å²) in [6, 6.07) is 9.06. The van der Waals surface area contributed by atoms with Gasteiger partial charge in [-0.25, -0.2) is 0 Å². The Labute approximate surface area is 128 Å². The Balaban J connectivity index is 1.91. The molecule has 112 valence electrons. The van der Waals surface area contributed by atoms with E-state index in [0.717, 1.165) is 31.1 Å². The van der Waals surface area contributed by atoms with Gasteiger partial charge in [0.2, 0.25) is 0 Å². The summed E-state index contributed by atoms with van der Waals surface area (Å²) in [5, 5.41) is 1.50. The lowest BCUT2D eigenvalue weighted by Crippen LogP contribution is -2.47. The molecule has 0 radical (unpaired) electrons. The van der Waals surface area contributed by atoms with Crippen molar-refractivity contribution in [1.82, 2.24) is 4.90 Å². The quantitative estimate of drug-likeness (QED) is 0.648. The summed E-state index contributed by atoms with van der Waals surface area (Å²) in [4.78, 5) is 27.3. The highest BCUT2D eigenvalue weighted by Gasteiger charge is 2.37. The zero-order valence-corrected chi connectivity index (χ0v) is 12.3. The Hall–Kier alpha value is -2.36. The summed E-state index contributed by atoms with van der Waals surface area (Å²) in [6.07, 6.45) is 5.19. The van der Waals surface area contributed by atoms with Crippen LogP contribution in [0.4, 0.5) is 5.69 Å². The minimum Gasteiger partial charge on any atom is -0.398 e. The third-order valence-corrected chi connectivity index (χ3v) is 4.91. The number of nitrogens with two attached hydrogens (primary N) is 1. The molecule has 0 aromatic heterocycles. The first-order valence-corrected chi connectivity index (χ1v) is 7.87. The van der Waals surface area contributed by atoms with Crippen LogP contribution in [0.3, 0.4) is 0 Å². The normalized spacial score (nSPS) is 19.0. The number of nitrogens with zero attached hydrogens (tertiary/aromatic N) is 1. The van der Waals surface area contributed by atoms with E-state index >= 15 is 0 Å². The summed E-state index contributed by atoms with van der Waals surface area (Å²) in [5.74, 6) is -0.332. The Morgan fingerprint density at radius 1 is 0.909 bits per heavy atom. The summed E-state index contributed by atoms with van der Waals surface area (Å²) >= 11 is 0. The van der Waals surface area contributed by atoms with Crippen molar-refractivity contribution in [2.24, 2.45) is 0 Å². The van der Waals surface area contributed by atoms with Gasteiger partial charge in [-0.3, -0.25) is 14.5 Å². The highest BCUT2D eigenvalue weighted by molar-refractivity contribution is 6.26. The second-order valence-electron chi connectivity index (χ2n) is 6.20. The van der Waals surface area contributed by atoms with Crippen molar-refractivity contribution in [3.05, 3.63) is 41.5 Å². The first-order valence-electron chi connectivity index (χ1n) is 7.87. The van der Waals surface area contributed by atoms with Crippen LogP contribution < -0.4 is 5.73 Å². The number of amides is 2. The molecule has 1 aliphatic carbocycles. The average molecular weight is 294 g/mol. The van der Waals surface area contributed by atoms with Crippen LogP contribution >= 0.6 is 0 Å². The maximum atomic E-state index is 12.9. The zero-order valence-electron chi connectivity index (χ0n) is 12.3. The van der Waals surface area contributed by atoms with E-state index in [9.17, 15) is 9.59 Å². The van der Waals surface area contributed by atoms with E-state index in [1.165, 1.54) is 11.3 Å². The van der Waals surface area contributed by atoms with Crippen LogP contribution in [-0.4, -0.2) is 22.8 Å². The largest absolute Gasteiger partial charge is 0.398 e. The smallest absolute Gasteiger partial charge is 0.261 e. The Bertz CT molecular complexity index is 769. The molecule has 1 heterocycles. The lowest BCUT2D eigenvalue weighted by Gasteiger charge is -2.35. The van der Waals surface area contributed by atoms with Crippen molar-refractivity contribution >= 4 is 28.3 Å². The van der Waals surface area contributed by atoms with Gasteiger partial charge >= 0.3 is 0 Å². The third kappa shape index (κ3) is 1.76. The Kier molecular flexibility index (Phi) is 2.93. The minimum absolute atomic E-state index is 0.0368. The van der Waals surface area contributed by atoms with Gasteiger partial charge < -0.3 is 5.73 Å². The average Bonchev–Trinajstić information content (AvgIpc) is 2.55. The molecular formula is C18H18N2O2. The molecule has 1 fully saturated rings. The van der Waals surface area contributed by atoms with E-state index in [-0.39, 0.29) is 17.9 Å². The van der Waals surface area contributed by atoms with Crippen LogP contribution in [0.5, 0.6) is 0 Å². The molecule has 4 rings (SSSR count). The predicted molar refractivity (Wildman–Crippen MR) is 85.7 cm³/mol. The number of hydrogen-bond acceptors (Lipinski definition) is 3. The predicted octanol–water partition coefficient (Wildman–Crippen LogP) is 3.35. The third-order valence-electron chi connectivity index (χ3n) is 4.91. The first kappa shape index (κ1) is 13.3. The van der Waals surface area contributed by atoms with Gasteiger partial charge in [0.05, 0.1) is 0 Å². The Morgan fingerprint density at radius 2 is 1.59 bits per heavy atom. The van der Waals surface area contributed by atoms with Crippen LogP contribution in [0.2, 0.25) is 0 Å². The van der Waals surface area contributed by atoms with Gasteiger partial charge in [-0.2, -0.15) is 0 Å². The van der Waals surface area contributed by atoms with E-state index in [0.29, 0.717) is 22.2 Å². The van der Waals surface area contributed by atoms with Gasteiger partial charge in [0.25, 0.3) is 11.8 Å². The molecule has 0 unspecified atom stereocenters. The molecule has 0 bridgehead atoms. The number of imide groups is 1. The Morgan fingerprint density at radius 3 is 2.32 bits per heavy atom. The molecule has 4 nitrogen and oxygen atoms in total. The van der Waals surface area contributed by atoms with E-state index in [2.05, 4.69) is 0 Å². The second-order valence-corrected chi connectivity index (χ2v) is 6.20. The molecule has 2 N–H and O–H groups in total. The summed E-state index contributed by atoms with van der Waals surface area (Å²) in [6.45, 7) is 0. The van der Waals surface area contributed by atoms with E-state index in [1.807, 2.05) is 12.1 Å². The molecule has 0 saturated heterocycles. The lowest BCUT2D eigenvalue weighted by molar-refractivity contribution is 0.0503. The number of carbonyl (C=O) groups excluding carboxylic acids is 2. The van der Waals surface area contributed by atoms with Gasteiger partial charge in [0.15, 0.2) is 0 Å². The van der Waals surface area contributed by atoms with Crippen LogP contribution in [-0.2, 0) is 0 Å². The molecule has 2 aliphatic rings. The number of benzene rings is 2. The molecule has 1 saturated carbocycles. The molecule has 22 heavy (non-hydrogen) atoms. The molecule has 4 heteroatoms. The fraction of sp³-hybridized carbons (Fsp3) is 0.333. The highest BCUT2D eigenvalue weighted by Crippen LogP contribution is 2.36. The van der Waals surface area contributed by atoms with Crippen LogP contribution in [0.1, 0.15) is 52.8 Å². The van der Waals surface area contributed by atoms with Gasteiger partial charge in [-0.15, -0.1) is 0 Å². The van der Waals surface area contributed by atoms with E-state index in [1.54, 1.807) is 18.2 Å². The van der Waals surface area contributed by atoms with Crippen molar-refractivity contribution in [3.63, 3.8) is 0 Å². The van der Waals surface area contributed by atoms with Gasteiger partial charge in [0.1, 0.15) is 0 Å². The molecule has 2 aromatic rings. The summed E-state index contributed by atoms with van der Waals surface area (Å²) in [5.41, 5.74) is 7.81. The number of rotatable bonds is 1. The van der Waals surface area contributed by atoms with Crippen molar-refractivity contribution in [2.45, 2.75) is 38.1 Å². The summed E-state index contributed by atoms with van der Waals surface area (Å²) < 4.78 is 0. The van der Waals surface area contributed by atoms with Crippen molar-refractivity contribution in [3.8, 4) is 0 Å². The molecular weight excluding hydrogens is 276 g/mol. The SMILES string of the molecule is Nc1ccc2c3c(cccc13)C(=O)N(C1CCCCC1)C2=O. The fourth-order valence-corrected chi connectivity index (χ4v) is 3.81. The van der Waals surface area contributed by atoms with Crippen LogP contribution in [0.15, 0.2) is 30.3 Å². The van der Waals surface area contributed by atoms with Crippen LogP contribution in [0.25, 0.3) is 10.8 Å². The standard InChI is InChI=1S/C18H18N2O2/c19-15-10-9-14-16-12(15)7-4-8-13(16)17(21)20(18(14)22)11-5-2-1-3-6-11/h4,7-11H,1-3,5-6,19H2. The van der Waals surface area contributed by atoms with Gasteiger partial charge in [0, 0.05) is 33.6 Å². The first-order chi connectivity index (χ1) is 10.7. The fourth-order valence-electron chi connectivity index (χ4n) is 3.81. The maximum absolute atomic E-state index is 12.9. The number of anilines is 1. The number of nitrogen functional groups attached to an aromatic ring is 1. The number of hydrogen-bond donors (Lipinski definition) is 1. The van der Waals surface area contributed by atoms with Crippen molar-refractivity contribution in [1.29, 1.82) is 0 Å². The topological polar surface area (TPSA) is 63.4 Å². The molecule has 2 amide bonds. The van der Waals surface area contributed by atoms with Crippen molar-refractivity contribution < 1.29 is 9.59 Å². The molecule has 0 atom stereocenters. The zero-order chi connectivity index (χ0) is 15.3. The van der Waals surface area contributed by atoms with Gasteiger partial charge in [-0.05, 0) is 31.0 Å². The summed E-state index contributed by atoms with van der Waals surface area (Å²) in [7, 11) is 0. The van der Waals surface area contributed by atoms with Crippen molar-refractivity contribution in [2.75, 3.05) is 5.73 Å². The molecule has 0 spiro atoms. The highest BCUT2D eigenvalue weighted by atomic mass is 16.2. The lowest BCUT2D eigenvalue weighted by atomic mass is 9.88. The van der Waals surface area contributed by atoms with E-state index < -0.39 is 0 Å².